The predicted molar refractivity (Wildman–Crippen MR) is 65.8 cm³/mol. The average Bonchev–Trinajstić information content (AvgIpc) is 2.74. The Morgan fingerprint density at radius 1 is 1.29 bits per heavy atom. The van der Waals surface area contributed by atoms with Gasteiger partial charge < -0.3 is 0 Å². The Morgan fingerprint density at radius 3 is 3.00 bits per heavy atom. The molecule has 0 N–H and O–H groups in total. The molecule has 0 spiro atoms. The third-order valence-electron chi connectivity index (χ3n) is 3.04. The van der Waals surface area contributed by atoms with E-state index in [1.807, 2.05) is 28.9 Å². The van der Waals surface area contributed by atoms with Crippen LogP contribution in [0, 0.1) is 0 Å². The van der Waals surface area contributed by atoms with Gasteiger partial charge in [0.25, 0.3) is 0 Å². The number of carbonyl (C=O) groups is 1. The molecule has 0 bridgehead atoms. The number of hydrogen-bond donors (Lipinski definition) is 0. The quantitative estimate of drug-likeness (QED) is 0.775. The summed E-state index contributed by atoms with van der Waals surface area (Å²) in [6.45, 7) is 0. The number of benzene rings is 1. The van der Waals surface area contributed by atoms with E-state index in [0.717, 1.165) is 29.8 Å². The molecule has 1 aromatic carbocycles. The topological polar surface area (TPSA) is 34.9 Å². The molecule has 1 aromatic heterocycles. The highest BCUT2D eigenvalue weighted by atomic mass is 35.5. The zero-order chi connectivity index (χ0) is 11.8. The van der Waals surface area contributed by atoms with Gasteiger partial charge in [0.15, 0.2) is 5.78 Å². The lowest BCUT2D eigenvalue weighted by atomic mass is 9.97. The molecule has 2 aromatic rings. The fourth-order valence-corrected chi connectivity index (χ4v) is 2.41. The van der Waals surface area contributed by atoms with Gasteiger partial charge in [0.1, 0.15) is 0 Å². The number of aromatic nitrogens is 2. The number of carbonyl (C=O) groups excluding carboxylic acids is 1. The van der Waals surface area contributed by atoms with E-state index < -0.39 is 0 Å². The molecule has 86 valence electrons. The molecular formula is C13H11ClN2O. The molecule has 3 rings (SSSR count). The van der Waals surface area contributed by atoms with Crippen LogP contribution in [0.2, 0.25) is 5.02 Å². The summed E-state index contributed by atoms with van der Waals surface area (Å²) in [5, 5.41) is 4.97. The van der Waals surface area contributed by atoms with E-state index in [1.165, 1.54) is 0 Å². The summed E-state index contributed by atoms with van der Waals surface area (Å²) in [6, 6.07) is 7.51. The van der Waals surface area contributed by atoms with Crippen LogP contribution >= 0.6 is 11.6 Å². The number of nitrogens with zero attached hydrogens (tertiary/aromatic N) is 2. The van der Waals surface area contributed by atoms with Crippen LogP contribution in [0.4, 0.5) is 0 Å². The van der Waals surface area contributed by atoms with Crippen molar-refractivity contribution in [2.45, 2.75) is 19.3 Å². The van der Waals surface area contributed by atoms with E-state index in [1.54, 1.807) is 6.20 Å². The summed E-state index contributed by atoms with van der Waals surface area (Å²) >= 11 is 5.97. The summed E-state index contributed by atoms with van der Waals surface area (Å²) in [5.74, 6) is 0.194. The largest absolute Gasteiger partial charge is 0.294 e. The Bertz CT molecular complexity index is 589. The van der Waals surface area contributed by atoms with Crippen molar-refractivity contribution in [3.8, 4) is 5.69 Å². The molecule has 1 aliphatic carbocycles. The number of rotatable bonds is 1. The normalized spacial score (nSPS) is 14.8. The maximum Gasteiger partial charge on any atom is 0.166 e. The monoisotopic (exact) mass is 246 g/mol. The molecule has 1 heterocycles. The maximum absolute atomic E-state index is 11.7. The van der Waals surface area contributed by atoms with Crippen LogP contribution in [0.25, 0.3) is 5.69 Å². The highest BCUT2D eigenvalue weighted by Crippen LogP contribution is 2.24. The maximum atomic E-state index is 11.7. The van der Waals surface area contributed by atoms with Gasteiger partial charge >= 0.3 is 0 Å². The van der Waals surface area contributed by atoms with E-state index in [9.17, 15) is 4.79 Å². The third-order valence-corrected chi connectivity index (χ3v) is 3.27. The van der Waals surface area contributed by atoms with Crippen LogP contribution in [0.15, 0.2) is 30.5 Å². The first-order valence-corrected chi connectivity index (χ1v) is 5.99. The molecule has 0 saturated heterocycles. The van der Waals surface area contributed by atoms with Gasteiger partial charge in [-0.25, -0.2) is 4.68 Å². The number of hydrogen-bond acceptors (Lipinski definition) is 2. The van der Waals surface area contributed by atoms with Gasteiger partial charge in [0, 0.05) is 11.4 Å². The Morgan fingerprint density at radius 2 is 2.18 bits per heavy atom. The molecule has 1 aliphatic rings. The number of fused-ring (bicyclic) bond motifs is 1. The van der Waals surface area contributed by atoms with Crippen molar-refractivity contribution in [1.29, 1.82) is 0 Å². The van der Waals surface area contributed by atoms with Crippen molar-refractivity contribution in [2.24, 2.45) is 0 Å². The van der Waals surface area contributed by atoms with Crippen molar-refractivity contribution in [2.75, 3.05) is 0 Å². The Hall–Kier alpha value is -1.61. The van der Waals surface area contributed by atoms with Crippen molar-refractivity contribution >= 4 is 17.4 Å². The first-order chi connectivity index (χ1) is 8.25. The second-order valence-corrected chi connectivity index (χ2v) is 4.61. The van der Waals surface area contributed by atoms with E-state index in [4.69, 9.17) is 11.6 Å². The van der Waals surface area contributed by atoms with Gasteiger partial charge in [-0.3, -0.25) is 4.79 Å². The third kappa shape index (κ3) is 1.76. The second kappa shape index (κ2) is 4.00. The van der Waals surface area contributed by atoms with E-state index in [-0.39, 0.29) is 5.78 Å². The van der Waals surface area contributed by atoms with Gasteiger partial charge in [0.05, 0.1) is 23.1 Å². The number of ketones is 1. The highest BCUT2D eigenvalue weighted by Gasteiger charge is 2.22. The lowest BCUT2D eigenvalue weighted by molar-refractivity contribution is 0.0972. The minimum Gasteiger partial charge on any atom is -0.294 e. The van der Waals surface area contributed by atoms with Gasteiger partial charge in [0.2, 0.25) is 0 Å². The predicted octanol–water partition coefficient (Wildman–Crippen LogP) is 3.04. The summed E-state index contributed by atoms with van der Waals surface area (Å²) in [6.07, 6.45) is 4.09. The summed E-state index contributed by atoms with van der Waals surface area (Å²) in [7, 11) is 0. The Labute approximate surface area is 104 Å². The minimum atomic E-state index is 0.194. The zero-order valence-electron chi connectivity index (χ0n) is 9.19. The standard InChI is InChI=1S/C13H11ClN2O/c14-9-3-1-4-10(7-9)16-12-5-2-6-13(17)11(12)8-15-16/h1,3-4,7-8H,2,5-6H2. The molecule has 0 atom stereocenters. The second-order valence-electron chi connectivity index (χ2n) is 4.17. The van der Waals surface area contributed by atoms with Crippen molar-refractivity contribution in [3.05, 3.63) is 46.7 Å². The molecule has 4 heteroatoms. The molecule has 0 saturated carbocycles. The summed E-state index contributed by atoms with van der Waals surface area (Å²) < 4.78 is 1.82. The first-order valence-electron chi connectivity index (χ1n) is 5.62. The van der Waals surface area contributed by atoms with Crippen molar-refractivity contribution < 1.29 is 4.79 Å². The molecule has 0 fully saturated rings. The Kier molecular flexibility index (Phi) is 2.48. The van der Waals surface area contributed by atoms with Crippen molar-refractivity contribution in [1.82, 2.24) is 9.78 Å². The Balaban J connectivity index is 2.13. The van der Waals surface area contributed by atoms with Gasteiger partial charge in [-0.05, 0) is 31.0 Å². The highest BCUT2D eigenvalue weighted by molar-refractivity contribution is 6.30. The lowest BCUT2D eigenvalue weighted by Crippen LogP contribution is -2.12. The SMILES string of the molecule is O=C1CCCc2c1cnn2-c1cccc(Cl)c1. The fraction of sp³-hybridized carbons (Fsp3) is 0.231. The molecular weight excluding hydrogens is 236 g/mol. The van der Waals surface area contributed by atoms with Crippen molar-refractivity contribution in [3.63, 3.8) is 0 Å². The molecule has 3 nitrogen and oxygen atoms in total. The first kappa shape index (κ1) is 10.5. The lowest BCUT2D eigenvalue weighted by Gasteiger charge is -2.13. The van der Waals surface area contributed by atoms with Gasteiger partial charge in [-0.15, -0.1) is 0 Å². The molecule has 0 unspecified atom stereocenters. The number of Topliss-reactive ketones (excluding diaryl/α,β-unsaturated/α-hetero) is 1. The van der Waals surface area contributed by atoms with Gasteiger partial charge in [-0.2, -0.15) is 5.10 Å². The van der Waals surface area contributed by atoms with Gasteiger partial charge in [-0.1, -0.05) is 17.7 Å². The number of halogens is 1. The molecule has 0 radical (unpaired) electrons. The summed E-state index contributed by atoms with van der Waals surface area (Å²) in [4.78, 5) is 11.7. The van der Waals surface area contributed by atoms with Crippen LogP contribution in [0.5, 0.6) is 0 Å². The smallest absolute Gasteiger partial charge is 0.166 e. The van der Waals surface area contributed by atoms with Crippen LogP contribution in [0.3, 0.4) is 0 Å². The molecule has 0 amide bonds. The van der Waals surface area contributed by atoms with Crippen LogP contribution in [-0.2, 0) is 6.42 Å². The summed E-state index contributed by atoms with van der Waals surface area (Å²) in [5.41, 5.74) is 2.67. The van der Waals surface area contributed by atoms with E-state index in [2.05, 4.69) is 5.10 Å². The van der Waals surface area contributed by atoms with Crippen LogP contribution in [-0.4, -0.2) is 15.6 Å². The van der Waals surface area contributed by atoms with Crippen LogP contribution < -0.4 is 0 Å². The fourth-order valence-electron chi connectivity index (χ4n) is 2.23. The van der Waals surface area contributed by atoms with E-state index >= 15 is 0 Å². The average molecular weight is 247 g/mol. The zero-order valence-corrected chi connectivity index (χ0v) is 9.94. The van der Waals surface area contributed by atoms with Crippen LogP contribution in [0.1, 0.15) is 28.9 Å². The minimum absolute atomic E-state index is 0.194. The molecule has 0 aliphatic heterocycles. The van der Waals surface area contributed by atoms with E-state index in [0.29, 0.717) is 11.4 Å². The molecule has 17 heavy (non-hydrogen) atoms.